The quantitative estimate of drug-likeness (QED) is 0.480. The molecule has 0 aliphatic carbocycles. The molecule has 3 rings (SSSR count). The molecule has 1 aromatic carbocycles. The Bertz CT molecular complexity index is 1080. The van der Waals surface area contributed by atoms with E-state index in [1.54, 1.807) is 25.1 Å². The molecule has 0 bridgehead atoms. The average molecular weight is 467 g/mol. The van der Waals surface area contributed by atoms with Gasteiger partial charge in [-0.2, -0.15) is 0 Å². The highest BCUT2D eigenvalue weighted by Crippen LogP contribution is 2.25. The lowest BCUT2D eigenvalue weighted by Crippen LogP contribution is -2.40. The molecule has 0 saturated carbocycles. The number of Topliss-reactive ketones (excluding diaryl/α,β-unsaturated/α-hetero) is 1. The summed E-state index contributed by atoms with van der Waals surface area (Å²) in [6.07, 6.45) is 1.00. The van der Waals surface area contributed by atoms with Crippen molar-refractivity contribution >= 4 is 33.4 Å². The number of aromatic nitrogens is 1. The minimum Gasteiger partial charge on any atom is -0.454 e. The number of carbonyl (C=O) groups is 2. The second kappa shape index (κ2) is 9.14. The molecule has 7 nitrogen and oxygen atoms in total. The van der Waals surface area contributed by atoms with Crippen LogP contribution in [0.3, 0.4) is 0 Å². The zero-order chi connectivity index (χ0) is 22.9. The van der Waals surface area contributed by atoms with E-state index in [4.69, 9.17) is 16.3 Å². The fraction of sp³-hybridized carbons (Fsp3) is 0.455. The van der Waals surface area contributed by atoms with Crippen LogP contribution in [0.4, 0.5) is 0 Å². The Balaban J connectivity index is 1.69. The molecule has 31 heavy (non-hydrogen) atoms. The van der Waals surface area contributed by atoms with Crippen LogP contribution in [-0.4, -0.2) is 54.5 Å². The van der Waals surface area contributed by atoms with Crippen molar-refractivity contribution < 1.29 is 22.7 Å². The lowest BCUT2D eigenvalue weighted by Gasteiger charge is -2.29. The van der Waals surface area contributed by atoms with E-state index in [1.165, 1.54) is 4.31 Å². The Hall–Kier alpha value is -2.16. The standard InChI is InChI=1S/C22H27ClN2O5S/c1-14-13-20(15(2)25(14)19-7-5-18(23)6-8-19)21(26)16(3)30-22(27)17-9-11-24(12-10-17)31(4,28)29/h5-8,13,16-17H,9-12H2,1-4H3. The first-order chi connectivity index (χ1) is 14.5. The molecule has 0 amide bonds. The van der Waals surface area contributed by atoms with Gasteiger partial charge in [-0.05, 0) is 63.9 Å². The molecule has 1 aromatic heterocycles. The van der Waals surface area contributed by atoms with E-state index >= 15 is 0 Å². The van der Waals surface area contributed by atoms with E-state index < -0.39 is 28.0 Å². The van der Waals surface area contributed by atoms with E-state index in [2.05, 4.69) is 0 Å². The lowest BCUT2D eigenvalue weighted by atomic mass is 9.98. The van der Waals surface area contributed by atoms with Crippen LogP contribution >= 0.6 is 11.6 Å². The Kier molecular flexibility index (Phi) is 6.93. The fourth-order valence-corrected chi connectivity index (χ4v) is 4.97. The molecule has 1 atom stereocenters. The number of rotatable bonds is 6. The molecular weight excluding hydrogens is 440 g/mol. The van der Waals surface area contributed by atoms with Crippen LogP contribution in [-0.2, 0) is 19.6 Å². The van der Waals surface area contributed by atoms with Crippen molar-refractivity contribution in [2.75, 3.05) is 19.3 Å². The van der Waals surface area contributed by atoms with Crippen LogP contribution in [0, 0.1) is 19.8 Å². The van der Waals surface area contributed by atoms with Crippen molar-refractivity contribution in [3.63, 3.8) is 0 Å². The second-order valence-electron chi connectivity index (χ2n) is 7.98. The van der Waals surface area contributed by atoms with Crippen molar-refractivity contribution in [1.29, 1.82) is 0 Å². The number of nitrogens with zero attached hydrogens (tertiary/aromatic N) is 2. The molecular formula is C22H27ClN2O5S. The van der Waals surface area contributed by atoms with E-state index in [1.807, 2.05) is 30.5 Å². The number of hydrogen-bond acceptors (Lipinski definition) is 5. The Labute approximate surface area is 188 Å². The predicted molar refractivity (Wildman–Crippen MR) is 119 cm³/mol. The summed E-state index contributed by atoms with van der Waals surface area (Å²) >= 11 is 5.97. The molecule has 168 valence electrons. The van der Waals surface area contributed by atoms with E-state index in [-0.39, 0.29) is 18.9 Å². The van der Waals surface area contributed by atoms with Crippen molar-refractivity contribution in [3.8, 4) is 5.69 Å². The van der Waals surface area contributed by atoms with E-state index in [0.717, 1.165) is 23.3 Å². The highest BCUT2D eigenvalue weighted by Gasteiger charge is 2.32. The predicted octanol–water partition coefficient (Wildman–Crippen LogP) is 3.53. The van der Waals surface area contributed by atoms with Gasteiger partial charge in [-0.25, -0.2) is 12.7 Å². The maximum atomic E-state index is 13.0. The number of sulfonamides is 1. The van der Waals surface area contributed by atoms with Gasteiger partial charge in [0.05, 0.1) is 12.2 Å². The van der Waals surface area contributed by atoms with Gasteiger partial charge in [-0.1, -0.05) is 11.6 Å². The molecule has 0 spiro atoms. The van der Waals surface area contributed by atoms with Gasteiger partial charge in [0, 0.05) is 40.8 Å². The zero-order valence-corrected chi connectivity index (χ0v) is 19.7. The number of halogens is 1. The summed E-state index contributed by atoms with van der Waals surface area (Å²) in [5.74, 6) is -1.13. The van der Waals surface area contributed by atoms with Gasteiger partial charge in [0.15, 0.2) is 6.10 Å². The van der Waals surface area contributed by atoms with Gasteiger partial charge in [0.25, 0.3) is 0 Å². The molecule has 0 N–H and O–H groups in total. The first kappa shape index (κ1) is 23.5. The number of carbonyl (C=O) groups excluding carboxylic acids is 2. The second-order valence-corrected chi connectivity index (χ2v) is 10.4. The molecule has 0 radical (unpaired) electrons. The van der Waals surface area contributed by atoms with Crippen molar-refractivity contribution in [1.82, 2.24) is 8.87 Å². The highest BCUT2D eigenvalue weighted by atomic mass is 35.5. The molecule has 2 heterocycles. The minimum atomic E-state index is -3.26. The third-order valence-electron chi connectivity index (χ3n) is 5.70. The maximum absolute atomic E-state index is 13.0. The Morgan fingerprint density at radius 3 is 2.26 bits per heavy atom. The molecule has 1 aliphatic rings. The summed E-state index contributed by atoms with van der Waals surface area (Å²) in [5.41, 5.74) is 3.03. The van der Waals surface area contributed by atoms with E-state index in [0.29, 0.717) is 23.4 Å². The summed E-state index contributed by atoms with van der Waals surface area (Å²) in [6.45, 7) is 5.89. The van der Waals surface area contributed by atoms with Crippen molar-refractivity contribution in [2.45, 2.75) is 39.7 Å². The topological polar surface area (TPSA) is 85.7 Å². The smallest absolute Gasteiger partial charge is 0.309 e. The summed E-state index contributed by atoms with van der Waals surface area (Å²) in [5, 5.41) is 0.630. The van der Waals surface area contributed by atoms with Gasteiger partial charge in [-0.3, -0.25) is 9.59 Å². The SMILES string of the molecule is Cc1cc(C(=O)C(C)OC(=O)C2CCN(S(C)(=O)=O)CC2)c(C)n1-c1ccc(Cl)cc1. The number of piperidine rings is 1. The Morgan fingerprint density at radius 1 is 1.13 bits per heavy atom. The number of aryl methyl sites for hydroxylation is 1. The van der Waals surface area contributed by atoms with E-state index in [9.17, 15) is 18.0 Å². The first-order valence-electron chi connectivity index (χ1n) is 10.1. The van der Waals surface area contributed by atoms with Gasteiger partial charge in [-0.15, -0.1) is 0 Å². The van der Waals surface area contributed by atoms with Gasteiger partial charge >= 0.3 is 5.97 Å². The van der Waals surface area contributed by atoms with Crippen LogP contribution in [0.5, 0.6) is 0 Å². The molecule has 1 aliphatic heterocycles. The van der Waals surface area contributed by atoms with Gasteiger partial charge < -0.3 is 9.30 Å². The summed E-state index contributed by atoms with van der Waals surface area (Å²) in [6, 6.07) is 9.13. The Morgan fingerprint density at radius 2 is 1.71 bits per heavy atom. The van der Waals surface area contributed by atoms with Crippen LogP contribution < -0.4 is 0 Å². The lowest BCUT2D eigenvalue weighted by molar-refractivity contribution is -0.152. The molecule has 9 heteroatoms. The maximum Gasteiger partial charge on any atom is 0.309 e. The zero-order valence-electron chi connectivity index (χ0n) is 18.1. The fourth-order valence-electron chi connectivity index (χ4n) is 3.97. The van der Waals surface area contributed by atoms with Gasteiger partial charge in [0.2, 0.25) is 15.8 Å². The average Bonchev–Trinajstić information content (AvgIpc) is 3.01. The molecule has 1 saturated heterocycles. The van der Waals surface area contributed by atoms with Crippen LogP contribution in [0.15, 0.2) is 30.3 Å². The number of esters is 1. The molecule has 1 fully saturated rings. The summed E-state index contributed by atoms with van der Waals surface area (Å²) in [7, 11) is -3.26. The largest absolute Gasteiger partial charge is 0.454 e. The molecule has 1 unspecified atom stereocenters. The van der Waals surface area contributed by atoms with Crippen molar-refractivity contribution in [3.05, 3.63) is 52.3 Å². The highest BCUT2D eigenvalue weighted by molar-refractivity contribution is 7.88. The normalized spacial score (nSPS) is 16.8. The monoisotopic (exact) mass is 466 g/mol. The number of ketones is 1. The minimum absolute atomic E-state index is 0.268. The van der Waals surface area contributed by atoms with Crippen molar-refractivity contribution in [2.24, 2.45) is 5.92 Å². The number of benzene rings is 1. The number of ether oxygens (including phenoxy) is 1. The number of hydrogen-bond donors (Lipinski definition) is 0. The summed E-state index contributed by atoms with van der Waals surface area (Å²) in [4.78, 5) is 25.6. The third kappa shape index (κ3) is 5.19. The van der Waals surface area contributed by atoms with Crippen LogP contribution in [0.1, 0.15) is 41.5 Å². The molecule has 2 aromatic rings. The third-order valence-corrected chi connectivity index (χ3v) is 7.26. The van der Waals surface area contributed by atoms with Crippen LogP contribution in [0.25, 0.3) is 5.69 Å². The van der Waals surface area contributed by atoms with Gasteiger partial charge in [0.1, 0.15) is 0 Å². The summed E-state index contributed by atoms with van der Waals surface area (Å²) < 4.78 is 32.0. The first-order valence-corrected chi connectivity index (χ1v) is 12.4. The van der Waals surface area contributed by atoms with Crippen LogP contribution in [0.2, 0.25) is 5.02 Å².